The van der Waals surface area contributed by atoms with Gasteiger partial charge in [-0.05, 0) is 10.8 Å². The van der Waals surface area contributed by atoms with Crippen LogP contribution in [0.1, 0.15) is 0 Å². The van der Waals surface area contributed by atoms with Gasteiger partial charge in [0.1, 0.15) is 0 Å². The molecule has 9 heavy (non-hydrogen) atoms. The van der Waals surface area contributed by atoms with Crippen LogP contribution in [0.15, 0.2) is 22.9 Å². The topological polar surface area (TPSA) is 26.0 Å². The molecule has 0 atom stereocenters. The minimum absolute atomic E-state index is 0.684. The average molecular weight is 161 g/mol. The van der Waals surface area contributed by atoms with E-state index in [-0.39, 0.29) is 0 Å². The molecule has 0 fully saturated rings. The van der Waals surface area contributed by atoms with Crippen molar-refractivity contribution in [3.8, 4) is 0 Å². The monoisotopic (exact) mass is 161 g/mol. The fourth-order valence-corrected chi connectivity index (χ4v) is 0.680. The van der Waals surface area contributed by atoms with Gasteiger partial charge in [0.2, 0.25) is 0 Å². The van der Waals surface area contributed by atoms with E-state index in [4.69, 9.17) is 5.73 Å². The Morgan fingerprint density at radius 2 is 1.78 bits per heavy atom. The summed E-state index contributed by atoms with van der Waals surface area (Å²) in [5.74, 6) is 0.792. The lowest BCUT2D eigenvalue weighted by atomic mass is 10.7. The molecule has 1 heterocycles. The second-order valence-corrected chi connectivity index (χ2v) is 2.57. The molecule has 0 amide bonds. The summed E-state index contributed by atoms with van der Waals surface area (Å²) < 4.78 is 0. The summed E-state index contributed by atoms with van der Waals surface area (Å²) in [4.78, 5) is 0. The lowest BCUT2D eigenvalue weighted by Gasteiger charge is -1.69. The van der Waals surface area contributed by atoms with E-state index in [1.165, 1.54) is 0 Å². The van der Waals surface area contributed by atoms with Crippen molar-refractivity contribution in [2.24, 2.45) is 5.73 Å². The molecule has 0 unspecified atom stereocenters. The molecule has 0 saturated carbocycles. The second-order valence-electron chi connectivity index (χ2n) is 1.31. The van der Waals surface area contributed by atoms with Crippen molar-refractivity contribution in [1.29, 1.82) is 0 Å². The van der Waals surface area contributed by atoms with Crippen molar-refractivity contribution in [1.82, 2.24) is 0 Å². The van der Waals surface area contributed by atoms with Crippen LogP contribution < -0.4 is 5.73 Å². The van der Waals surface area contributed by atoms with Crippen LogP contribution in [0.2, 0.25) is 0 Å². The first kappa shape index (κ1) is 9.01. The van der Waals surface area contributed by atoms with Crippen molar-refractivity contribution in [2.45, 2.75) is 0 Å². The molecule has 1 aromatic rings. The third kappa shape index (κ3) is 8.01. The van der Waals surface area contributed by atoms with Gasteiger partial charge in [-0.3, -0.25) is 0 Å². The fraction of sp³-hybridized carbons (Fsp3) is 0.333. The molecule has 0 aliphatic heterocycles. The quantitative estimate of drug-likeness (QED) is 0.601. The van der Waals surface area contributed by atoms with E-state index in [1.807, 2.05) is 22.9 Å². The van der Waals surface area contributed by atoms with Crippen molar-refractivity contribution in [2.75, 3.05) is 12.3 Å². The minimum atomic E-state index is 0.684. The van der Waals surface area contributed by atoms with Crippen LogP contribution >= 0.6 is 24.0 Å². The average Bonchev–Trinajstić information content (AvgIpc) is 2.43. The maximum Gasteiger partial charge on any atom is 0.00255 e. The largest absolute Gasteiger partial charge is 0.330 e. The summed E-state index contributed by atoms with van der Waals surface area (Å²) in [5.41, 5.74) is 4.95. The third-order valence-corrected chi connectivity index (χ3v) is 1.44. The molecule has 1 aromatic heterocycles. The maximum absolute atomic E-state index is 4.95. The molecule has 0 saturated heterocycles. The Hall–Kier alpha value is 0.01000. The molecule has 0 bridgehead atoms. The fourth-order valence-electron chi connectivity index (χ4n) is 0.227. The Morgan fingerprint density at radius 1 is 1.33 bits per heavy atom. The van der Waals surface area contributed by atoms with Gasteiger partial charge in [0.05, 0.1) is 0 Å². The van der Waals surface area contributed by atoms with Gasteiger partial charge >= 0.3 is 0 Å². The molecule has 0 aliphatic rings. The zero-order chi connectivity index (χ0) is 6.95. The molecular formula is C6H11NS2. The molecule has 1 nitrogen and oxygen atoms in total. The lowest BCUT2D eigenvalue weighted by molar-refractivity contribution is 1.16. The number of thiol groups is 1. The first-order valence-corrected chi connectivity index (χ1v) is 4.27. The van der Waals surface area contributed by atoms with Crippen LogP contribution in [0.4, 0.5) is 0 Å². The smallest absolute Gasteiger partial charge is 0.00255 e. The summed E-state index contributed by atoms with van der Waals surface area (Å²) in [7, 11) is 0. The highest BCUT2D eigenvalue weighted by Gasteiger charge is 1.58. The number of thiophene rings is 1. The molecule has 2 N–H and O–H groups in total. The molecule has 52 valence electrons. The van der Waals surface area contributed by atoms with E-state index < -0.39 is 0 Å². The standard InChI is InChI=1S/C4H4S.C2H7NS/c1-2-4-5-3-1;3-1-2-4/h1-4H;4H,1-3H2. The Balaban J connectivity index is 0.000000148. The lowest BCUT2D eigenvalue weighted by Crippen LogP contribution is -1.97. The van der Waals surface area contributed by atoms with Gasteiger partial charge in [-0.15, -0.1) is 0 Å². The molecule has 0 radical (unpaired) electrons. The van der Waals surface area contributed by atoms with Gasteiger partial charge in [0.15, 0.2) is 0 Å². The first-order valence-electron chi connectivity index (χ1n) is 2.70. The van der Waals surface area contributed by atoms with E-state index in [9.17, 15) is 0 Å². The molecule has 0 spiro atoms. The van der Waals surface area contributed by atoms with E-state index in [1.54, 1.807) is 11.3 Å². The SMILES string of the molecule is NCCS.c1ccsc1. The van der Waals surface area contributed by atoms with Crippen LogP contribution in [0, 0.1) is 0 Å². The van der Waals surface area contributed by atoms with E-state index in [0.29, 0.717) is 6.54 Å². The van der Waals surface area contributed by atoms with Gasteiger partial charge in [0.25, 0.3) is 0 Å². The highest BCUT2D eigenvalue weighted by atomic mass is 32.1. The van der Waals surface area contributed by atoms with Gasteiger partial charge in [-0.2, -0.15) is 24.0 Å². The van der Waals surface area contributed by atoms with E-state index >= 15 is 0 Å². The normalized spacial score (nSPS) is 7.78. The van der Waals surface area contributed by atoms with Gasteiger partial charge in [0, 0.05) is 12.3 Å². The summed E-state index contributed by atoms with van der Waals surface area (Å²) in [5, 5.41) is 4.08. The van der Waals surface area contributed by atoms with Crippen LogP contribution in [0.5, 0.6) is 0 Å². The Morgan fingerprint density at radius 3 is 1.89 bits per heavy atom. The van der Waals surface area contributed by atoms with Gasteiger partial charge < -0.3 is 5.73 Å². The molecule has 1 rings (SSSR count). The van der Waals surface area contributed by atoms with Crippen molar-refractivity contribution >= 4 is 24.0 Å². The maximum atomic E-state index is 4.95. The third-order valence-electron chi connectivity index (χ3n) is 0.554. The van der Waals surface area contributed by atoms with Gasteiger partial charge in [-0.1, -0.05) is 12.1 Å². The van der Waals surface area contributed by atoms with E-state index in [0.717, 1.165) is 5.75 Å². The van der Waals surface area contributed by atoms with E-state index in [2.05, 4.69) is 12.6 Å². The van der Waals surface area contributed by atoms with Gasteiger partial charge in [-0.25, -0.2) is 0 Å². The Kier molecular flexibility index (Phi) is 8.02. The van der Waals surface area contributed by atoms with Crippen LogP contribution in [-0.2, 0) is 0 Å². The molecular weight excluding hydrogens is 150 g/mol. The van der Waals surface area contributed by atoms with Crippen molar-refractivity contribution in [3.05, 3.63) is 22.9 Å². The van der Waals surface area contributed by atoms with Crippen LogP contribution in [0.3, 0.4) is 0 Å². The van der Waals surface area contributed by atoms with Crippen LogP contribution in [-0.4, -0.2) is 12.3 Å². The second kappa shape index (κ2) is 8.01. The minimum Gasteiger partial charge on any atom is -0.330 e. The highest BCUT2D eigenvalue weighted by molar-refractivity contribution is 7.80. The number of rotatable bonds is 1. The van der Waals surface area contributed by atoms with Crippen molar-refractivity contribution in [3.63, 3.8) is 0 Å². The van der Waals surface area contributed by atoms with Crippen molar-refractivity contribution < 1.29 is 0 Å². The Bertz CT molecular complexity index is 86.6. The summed E-state index contributed by atoms with van der Waals surface area (Å²) >= 11 is 5.51. The summed E-state index contributed by atoms with van der Waals surface area (Å²) in [6, 6.07) is 4.04. The number of hydrogen-bond donors (Lipinski definition) is 2. The predicted molar refractivity (Wildman–Crippen MR) is 47.2 cm³/mol. The summed E-state index contributed by atoms with van der Waals surface area (Å²) in [6.45, 7) is 0.684. The Labute approximate surface area is 65.3 Å². The van der Waals surface area contributed by atoms with Crippen LogP contribution in [0.25, 0.3) is 0 Å². The zero-order valence-corrected chi connectivity index (χ0v) is 6.87. The predicted octanol–water partition coefficient (Wildman–Crippen LogP) is 1.62. The first-order chi connectivity index (χ1) is 4.41. The number of hydrogen-bond acceptors (Lipinski definition) is 3. The molecule has 3 heteroatoms. The zero-order valence-electron chi connectivity index (χ0n) is 5.16. The molecule has 0 aromatic carbocycles. The highest BCUT2D eigenvalue weighted by Crippen LogP contribution is 1.91. The molecule has 0 aliphatic carbocycles. The number of nitrogens with two attached hydrogens (primary N) is 1. The summed E-state index contributed by atoms with van der Waals surface area (Å²) in [6.07, 6.45) is 0.